The summed E-state index contributed by atoms with van der Waals surface area (Å²) in [6, 6.07) is 15.1. The Morgan fingerprint density at radius 1 is 1.09 bits per heavy atom. The van der Waals surface area contributed by atoms with Crippen molar-refractivity contribution in [3.63, 3.8) is 0 Å². The third kappa shape index (κ3) is 5.25. The van der Waals surface area contributed by atoms with Gasteiger partial charge in [-0.15, -0.1) is 0 Å². The molecule has 11 heteroatoms. The van der Waals surface area contributed by atoms with E-state index in [9.17, 15) is 17.6 Å². The molecule has 0 unspecified atom stereocenters. The van der Waals surface area contributed by atoms with Crippen molar-refractivity contribution in [1.82, 2.24) is 4.98 Å². The molecule has 0 fully saturated rings. The Labute approximate surface area is 187 Å². The number of H-pyrrole nitrogens is 1. The van der Waals surface area contributed by atoms with Crippen molar-refractivity contribution in [2.75, 3.05) is 5.84 Å². The summed E-state index contributed by atoms with van der Waals surface area (Å²) in [7, 11) is -6.09. The molecule has 176 valence electrons. The van der Waals surface area contributed by atoms with Gasteiger partial charge in [0.25, 0.3) is 5.69 Å². The maximum Gasteiger partial charge on any atom is 0.485 e. The third-order valence-electron chi connectivity index (χ3n) is 5.06. The van der Waals surface area contributed by atoms with Gasteiger partial charge in [-0.05, 0) is 30.0 Å². The lowest BCUT2D eigenvalue weighted by Crippen LogP contribution is -2.50. The Morgan fingerprint density at radius 3 is 2.39 bits per heavy atom. The van der Waals surface area contributed by atoms with E-state index in [2.05, 4.69) is 24.0 Å². The summed E-state index contributed by atoms with van der Waals surface area (Å²) in [5, 5.41) is 2.92. The molecule has 0 saturated carbocycles. The number of hydrogen-bond donors (Lipinski definition) is 2. The number of nitrogens with zero attached hydrogens (tertiary/aromatic N) is 1. The summed E-state index contributed by atoms with van der Waals surface area (Å²) in [6.07, 6.45) is 5.02. The lowest BCUT2D eigenvalue weighted by molar-refractivity contribution is -0.634. The van der Waals surface area contributed by atoms with Gasteiger partial charge in [0.2, 0.25) is 5.69 Å². The smallest absolute Gasteiger partial charge is 0.485 e. The number of pyridine rings is 1. The molecular formula is C22H21F4N3O3S. The second kappa shape index (κ2) is 9.36. The van der Waals surface area contributed by atoms with Gasteiger partial charge in [-0.2, -0.15) is 13.2 Å². The van der Waals surface area contributed by atoms with E-state index in [4.69, 9.17) is 18.8 Å². The van der Waals surface area contributed by atoms with Crippen LogP contribution in [0.5, 0.6) is 0 Å². The second-order valence-electron chi connectivity index (χ2n) is 7.34. The van der Waals surface area contributed by atoms with Gasteiger partial charge in [-0.1, -0.05) is 42.3 Å². The number of aromatic nitrogens is 2. The van der Waals surface area contributed by atoms with Gasteiger partial charge in [-0.25, -0.2) is 18.7 Å². The number of fused-ring (bicyclic) bond motifs is 2. The Hall–Kier alpha value is -3.18. The fraction of sp³-hybridized carbons (Fsp3) is 0.227. The van der Waals surface area contributed by atoms with E-state index in [1.807, 2.05) is 30.5 Å². The van der Waals surface area contributed by atoms with Gasteiger partial charge in [0, 0.05) is 29.6 Å². The molecule has 2 aromatic heterocycles. The molecule has 4 rings (SSSR count). The van der Waals surface area contributed by atoms with Gasteiger partial charge >= 0.3 is 5.51 Å². The number of benzene rings is 2. The van der Waals surface area contributed by atoms with Crippen molar-refractivity contribution in [2.45, 2.75) is 31.7 Å². The normalized spacial score (nSPS) is 12.1. The minimum absolute atomic E-state index is 0.255. The van der Waals surface area contributed by atoms with Crippen molar-refractivity contribution >= 4 is 31.8 Å². The molecule has 0 bridgehead atoms. The number of aromatic amines is 1. The average molecular weight is 483 g/mol. The second-order valence-corrected chi connectivity index (χ2v) is 8.71. The standard InChI is InChI=1S/C21H20FN3.CHF3O3S/c1-2-3-6-16-11-14-9-10-15(22)12-18(14)21(25(16)23)19-13-24-20-8-5-4-7-17(19)20;2-1(3,4)8(5,6)7/h4-5,7-13H,2-3,6,23H2,1H3;(H,5,6,7). The molecule has 0 aliphatic carbocycles. The number of aryl methyl sites for hydroxylation is 1. The van der Waals surface area contributed by atoms with Gasteiger partial charge in [0.1, 0.15) is 5.82 Å². The maximum atomic E-state index is 13.9. The Morgan fingerprint density at radius 2 is 1.76 bits per heavy atom. The fourth-order valence-electron chi connectivity index (χ4n) is 3.47. The summed E-state index contributed by atoms with van der Waals surface area (Å²) in [5.41, 5.74) is -1.71. The van der Waals surface area contributed by atoms with E-state index in [1.54, 1.807) is 10.7 Å². The van der Waals surface area contributed by atoms with Crippen molar-refractivity contribution in [1.29, 1.82) is 0 Å². The summed E-state index contributed by atoms with van der Waals surface area (Å²) in [5.74, 6) is 6.25. The van der Waals surface area contributed by atoms with Crippen LogP contribution >= 0.6 is 0 Å². The molecule has 0 atom stereocenters. The first kappa shape index (κ1) is 24.5. The van der Waals surface area contributed by atoms with Gasteiger partial charge in [-0.3, -0.25) is 0 Å². The zero-order valence-corrected chi connectivity index (χ0v) is 18.3. The number of unbranched alkanes of at least 4 members (excludes halogenated alkanes) is 1. The lowest BCUT2D eigenvalue weighted by atomic mass is 10.0. The topological polar surface area (TPSA) is 103 Å². The minimum atomic E-state index is -6.09. The van der Waals surface area contributed by atoms with Crippen LogP contribution in [0.4, 0.5) is 17.6 Å². The van der Waals surface area contributed by atoms with Crippen LogP contribution in [0, 0.1) is 5.82 Å². The molecule has 0 saturated heterocycles. The molecule has 0 aliphatic rings. The van der Waals surface area contributed by atoms with Crippen LogP contribution in [-0.2, 0) is 16.5 Å². The van der Waals surface area contributed by atoms with E-state index in [-0.39, 0.29) is 5.82 Å². The van der Waals surface area contributed by atoms with Gasteiger partial charge in [0.05, 0.1) is 10.9 Å². The SMILES string of the molecule is CCCCc1cc2ccc(F)cc2c(-c2c[nH]c3ccccc23)[n+]1N.O=S(=O)([O-])C(F)(F)F. The Bertz CT molecular complexity index is 1400. The highest BCUT2D eigenvalue weighted by Crippen LogP contribution is 2.32. The van der Waals surface area contributed by atoms with E-state index >= 15 is 0 Å². The van der Waals surface area contributed by atoms with Crippen LogP contribution in [0.1, 0.15) is 25.5 Å². The van der Waals surface area contributed by atoms with Crippen molar-refractivity contribution < 1.29 is 35.2 Å². The summed E-state index contributed by atoms with van der Waals surface area (Å²) < 4.78 is 74.6. The summed E-state index contributed by atoms with van der Waals surface area (Å²) in [6.45, 7) is 2.16. The highest BCUT2D eigenvalue weighted by Gasteiger charge is 2.36. The molecule has 4 aromatic rings. The Kier molecular flexibility index (Phi) is 6.94. The number of nitrogen functional groups attached to an aromatic ring is 1. The minimum Gasteiger partial charge on any atom is -0.741 e. The van der Waals surface area contributed by atoms with E-state index < -0.39 is 15.6 Å². The molecule has 2 heterocycles. The molecule has 6 nitrogen and oxygen atoms in total. The molecule has 33 heavy (non-hydrogen) atoms. The zero-order chi connectivity index (χ0) is 24.4. The fourth-order valence-corrected chi connectivity index (χ4v) is 3.47. The number of para-hydroxylation sites is 1. The monoisotopic (exact) mass is 483 g/mol. The molecule has 0 amide bonds. The third-order valence-corrected chi connectivity index (χ3v) is 5.62. The van der Waals surface area contributed by atoms with Crippen LogP contribution in [0.15, 0.2) is 54.7 Å². The molecule has 0 spiro atoms. The highest BCUT2D eigenvalue weighted by molar-refractivity contribution is 7.86. The first-order valence-electron chi connectivity index (χ1n) is 9.95. The number of halogens is 4. The average Bonchev–Trinajstić information content (AvgIpc) is 3.15. The van der Waals surface area contributed by atoms with Crippen LogP contribution in [0.3, 0.4) is 0 Å². The molecular weight excluding hydrogens is 462 g/mol. The van der Waals surface area contributed by atoms with Gasteiger partial charge in [0.15, 0.2) is 10.1 Å². The van der Waals surface area contributed by atoms with Crippen LogP contribution in [-0.4, -0.2) is 23.5 Å². The Balaban J connectivity index is 0.000000331. The van der Waals surface area contributed by atoms with Crippen LogP contribution in [0.2, 0.25) is 0 Å². The summed E-state index contributed by atoms with van der Waals surface area (Å²) >= 11 is 0. The first-order chi connectivity index (χ1) is 15.4. The predicted molar refractivity (Wildman–Crippen MR) is 116 cm³/mol. The molecule has 0 radical (unpaired) electrons. The van der Waals surface area contributed by atoms with Crippen molar-refractivity contribution in [3.05, 3.63) is 66.2 Å². The van der Waals surface area contributed by atoms with Crippen molar-refractivity contribution in [3.8, 4) is 11.3 Å². The highest BCUT2D eigenvalue weighted by atomic mass is 32.2. The molecule has 3 N–H and O–H groups in total. The van der Waals surface area contributed by atoms with Crippen LogP contribution < -0.4 is 10.5 Å². The molecule has 0 aliphatic heterocycles. The van der Waals surface area contributed by atoms with E-state index in [1.165, 1.54) is 6.07 Å². The number of nitrogens with one attached hydrogen (secondary N) is 1. The van der Waals surface area contributed by atoms with E-state index in [0.717, 1.165) is 57.9 Å². The number of alkyl halides is 3. The summed E-state index contributed by atoms with van der Waals surface area (Å²) in [4.78, 5) is 3.29. The van der Waals surface area contributed by atoms with Crippen molar-refractivity contribution in [2.24, 2.45) is 0 Å². The zero-order valence-electron chi connectivity index (χ0n) is 17.5. The number of hydrogen-bond acceptors (Lipinski definition) is 4. The lowest BCUT2D eigenvalue weighted by Gasteiger charge is -2.08. The largest absolute Gasteiger partial charge is 0.741 e. The predicted octanol–water partition coefficient (Wildman–Crippen LogP) is 4.52. The van der Waals surface area contributed by atoms with E-state index in [0.29, 0.717) is 0 Å². The molecule has 2 aromatic carbocycles. The number of rotatable bonds is 4. The number of nitrogens with two attached hydrogens (primary N) is 1. The van der Waals surface area contributed by atoms with Gasteiger partial charge < -0.3 is 9.54 Å². The first-order valence-corrected chi connectivity index (χ1v) is 11.4. The quantitative estimate of drug-likeness (QED) is 0.146. The maximum absolute atomic E-state index is 13.9. The van der Waals surface area contributed by atoms with Crippen LogP contribution in [0.25, 0.3) is 32.9 Å².